The molecular formula is C23H19Cl2F3N2O3. The first-order valence-electron chi connectivity index (χ1n) is 9.70. The number of anilines is 1. The van der Waals surface area contributed by atoms with Gasteiger partial charge in [-0.3, -0.25) is 0 Å². The van der Waals surface area contributed by atoms with Crippen LogP contribution in [0.25, 0.3) is 0 Å². The largest absolute Gasteiger partial charge is 0.478 e. The number of pyridine rings is 1. The number of rotatable bonds is 7. The number of aliphatic hydroxyl groups is 1. The molecule has 0 spiro atoms. The fraction of sp³-hybridized carbons (Fsp3) is 0.217. The van der Waals surface area contributed by atoms with Gasteiger partial charge < -0.3 is 15.5 Å². The lowest BCUT2D eigenvalue weighted by molar-refractivity contribution is -0.274. The van der Waals surface area contributed by atoms with Crippen molar-refractivity contribution < 1.29 is 28.2 Å². The Morgan fingerprint density at radius 2 is 1.76 bits per heavy atom. The Balaban J connectivity index is 1.84. The first kappa shape index (κ1) is 24.8. The predicted octanol–water partition coefficient (Wildman–Crippen LogP) is 6.25. The zero-order valence-corrected chi connectivity index (χ0v) is 18.7. The van der Waals surface area contributed by atoms with E-state index in [1.165, 1.54) is 31.2 Å². The van der Waals surface area contributed by atoms with Crippen LogP contribution in [-0.4, -0.2) is 27.3 Å². The molecule has 174 valence electrons. The van der Waals surface area contributed by atoms with E-state index in [1.54, 1.807) is 18.2 Å². The van der Waals surface area contributed by atoms with Crippen molar-refractivity contribution in [2.75, 3.05) is 5.32 Å². The van der Waals surface area contributed by atoms with E-state index in [9.17, 15) is 23.1 Å². The van der Waals surface area contributed by atoms with E-state index in [0.717, 1.165) is 18.3 Å². The standard InChI is InChI=1S/C23H19Cl2F3N2O3/c1-13(22(33,23(26,27)28)16-8-9-29-20(25)11-16)18-7-2-14(10-19(18)24)12-30-17-5-3-15(4-6-17)21(31)32/h2-11,13,30,33H,12H2,1H3,(H,31,32). The van der Waals surface area contributed by atoms with E-state index in [0.29, 0.717) is 17.8 Å². The first-order chi connectivity index (χ1) is 15.4. The third-order valence-electron chi connectivity index (χ3n) is 5.39. The van der Waals surface area contributed by atoms with Crippen LogP contribution in [0.3, 0.4) is 0 Å². The van der Waals surface area contributed by atoms with Crippen LogP contribution in [0.1, 0.15) is 39.9 Å². The molecule has 0 aliphatic rings. The Morgan fingerprint density at radius 3 is 2.30 bits per heavy atom. The average Bonchev–Trinajstić information content (AvgIpc) is 2.76. The summed E-state index contributed by atoms with van der Waals surface area (Å²) in [7, 11) is 0. The lowest BCUT2D eigenvalue weighted by Gasteiger charge is -2.37. The lowest BCUT2D eigenvalue weighted by atomic mass is 9.78. The molecule has 3 aromatic rings. The molecule has 10 heteroatoms. The second-order valence-corrected chi connectivity index (χ2v) is 8.24. The number of carboxylic acid groups (broad SMARTS) is 1. The van der Waals surface area contributed by atoms with Crippen LogP contribution < -0.4 is 5.32 Å². The molecule has 3 N–H and O–H groups in total. The smallest absolute Gasteiger partial charge is 0.422 e. The van der Waals surface area contributed by atoms with E-state index < -0.39 is 29.2 Å². The molecule has 1 heterocycles. The average molecular weight is 499 g/mol. The molecule has 2 atom stereocenters. The summed E-state index contributed by atoms with van der Waals surface area (Å²) in [5.74, 6) is -2.49. The fourth-order valence-corrected chi connectivity index (χ4v) is 4.03. The molecule has 1 aromatic heterocycles. The van der Waals surface area contributed by atoms with Gasteiger partial charge in [-0.15, -0.1) is 0 Å². The summed E-state index contributed by atoms with van der Waals surface area (Å²) in [4.78, 5) is 14.6. The van der Waals surface area contributed by atoms with Crippen molar-refractivity contribution in [3.8, 4) is 0 Å². The monoisotopic (exact) mass is 498 g/mol. The number of carbonyl (C=O) groups is 1. The molecular weight excluding hydrogens is 480 g/mol. The normalized spacial score (nSPS) is 14.4. The quantitative estimate of drug-likeness (QED) is 0.335. The molecule has 2 aromatic carbocycles. The Bertz CT molecular complexity index is 1160. The van der Waals surface area contributed by atoms with E-state index >= 15 is 0 Å². The highest BCUT2D eigenvalue weighted by Crippen LogP contribution is 2.50. The molecule has 0 radical (unpaired) electrons. The van der Waals surface area contributed by atoms with E-state index in [-0.39, 0.29) is 21.3 Å². The van der Waals surface area contributed by atoms with Gasteiger partial charge in [-0.05, 0) is 59.2 Å². The van der Waals surface area contributed by atoms with Crippen LogP contribution in [0.2, 0.25) is 10.2 Å². The van der Waals surface area contributed by atoms with Gasteiger partial charge in [0, 0.05) is 29.4 Å². The minimum absolute atomic E-state index is 0.0610. The van der Waals surface area contributed by atoms with Crippen molar-refractivity contribution in [3.63, 3.8) is 0 Å². The molecule has 0 aliphatic heterocycles. The lowest BCUT2D eigenvalue weighted by Crippen LogP contribution is -2.46. The second-order valence-electron chi connectivity index (χ2n) is 7.44. The number of benzene rings is 2. The van der Waals surface area contributed by atoms with Crippen molar-refractivity contribution in [3.05, 3.63) is 93.2 Å². The first-order valence-corrected chi connectivity index (χ1v) is 10.5. The van der Waals surface area contributed by atoms with Gasteiger partial charge in [-0.1, -0.05) is 42.3 Å². The van der Waals surface area contributed by atoms with Gasteiger partial charge in [-0.2, -0.15) is 13.2 Å². The summed E-state index contributed by atoms with van der Waals surface area (Å²) in [5, 5.41) is 22.8. The van der Waals surface area contributed by atoms with Crippen LogP contribution in [0.15, 0.2) is 60.8 Å². The van der Waals surface area contributed by atoms with Crippen molar-refractivity contribution in [2.45, 2.75) is 31.2 Å². The summed E-state index contributed by atoms with van der Waals surface area (Å²) in [6, 6.07) is 12.7. The third kappa shape index (κ3) is 5.24. The summed E-state index contributed by atoms with van der Waals surface area (Å²) >= 11 is 12.1. The molecule has 0 saturated heterocycles. The molecule has 0 amide bonds. The summed E-state index contributed by atoms with van der Waals surface area (Å²) in [5.41, 5.74) is -2.08. The van der Waals surface area contributed by atoms with Gasteiger partial charge in [0.1, 0.15) is 5.15 Å². The topological polar surface area (TPSA) is 82.5 Å². The number of aromatic carboxylic acids is 1. The minimum Gasteiger partial charge on any atom is -0.478 e. The maximum atomic E-state index is 14.1. The highest BCUT2D eigenvalue weighted by Gasteiger charge is 2.59. The van der Waals surface area contributed by atoms with Gasteiger partial charge in [0.05, 0.1) is 5.56 Å². The minimum atomic E-state index is -5.01. The zero-order chi connectivity index (χ0) is 24.4. The maximum absolute atomic E-state index is 14.1. The molecule has 0 bridgehead atoms. The number of aromatic nitrogens is 1. The van der Waals surface area contributed by atoms with Crippen LogP contribution in [0.4, 0.5) is 18.9 Å². The van der Waals surface area contributed by atoms with Crippen LogP contribution in [0.5, 0.6) is 0 Å². The highest BCUT2D eigenvalue weighted by atomic mass is 35.5. The number of halogens is 5. The van der Waals surface area contributed by atoms with Crippen molar-refractivity contribution in [1.82, 2.24) is 4.98 Å². The van der Waals surface area contributed by atoms with E-state index in [4.69, 9.17) is 28.3 Å². The number of nitrogens with one attached hydrogen (secondary N) is 1. The number of alkyl halides is 3. The number of hydrogen-bond acceptors (Lipinski definition) is 4. The van der Waals surface area contributed by atoms with Gasteiger partial charge in [0.2, 0.25) is 0 Å². The molecule has 0 fully saturated rings. The highest BCUT2D eigenvalue weighted by molar-refractivity contribution is 6.31. The van der Waals surface area contributed by atoms with Crippen LogP contribution in [0, 0.1) is 0 Å². The van der Waals surface area contributed by atoms with Gasteiger partial charge >= 0.3 is 12.1 Å². The van der Waals surface area contributed by atoms with Gasteiger partial charge in [0.25, 0.3) is 0 Å². The fourth-order valence-electron chi connectivity index (χ4n) is 3.49. The Labute approximate surface area is 197 Å². The number of nitrogens with zero attached hydrogens (tertiary/aromatic N) is 1. The Morgan fingerprint density at radius 1 is 1.09 bits per heavy atom. The summed E-state index contributed by atoms with van der Waals surface area (Å²) in [6.07, 6.45) is -3.91. The van der Waals surface area contributed by atoms with E-state index in [2.05, 4.69) is 10.3 Å². The molecule has 33 heavy (non-hydrogen) atoms. The van der Waals surface area contributed by atoms with Gasteiger partial charge in [0.15, 0.2) is 5.60 Å². The van der Waals surface area contributed by atoms with Gasteiger partial charge in [-0.25, -0.2) is 9.78 Å². The third-order valence-corrected chi connectivity index (χ3v) is 5.92. The van der Waals surface area contributed by atoms with Crippen molar-refractivity contribution in [1.29, 1.82) is 0 Å². The Kier molecular flexibility index (Phi) is 7.21. The summed E-state index contributed by atoms with van der Waals surface area (Å²) < 4.78 is 42.2. The molecule has 3 rings (SSSR count). The van der Waals surface area contributed by atoms with Crippen LogP contribution in [-0.2, 0) is 12.1 Å². The molecule has 0 saturated carbocycles. The predicted molar refractivity (Wildman–Crippen MR) is 120 cm³/mol. The molecule has 2 unspecified atom stereocenters. The SMILES string of the molecule is CC(c1ccc(CNc2ccc(C(=O)O)cc2)cc1Cl)C(O)(c1ccnc(Cl)c1)C(F)(F)F. The van der Waals surface area contributed by atoms with Crippen molar-refractivity contribution in [2.24, 2.45) is 0 Å². The molecule has 0 aliphatic carbocycles. The number of hydrogen-bond donors (Lipinski definition) is 3. The molecule has 5 nitrogen and oxygen atoms in total. The maximum Gasteiger partial charge on any atom is 0.422 e. The zero-order valence-electron chi connectivity index (χ0n) is 17.2. The van der Waals surface area contributed by atoms with Crippen molar-refractivity contribution >= 4 is 34.9 Å². The second kappa shape index (κ2) is 9.59. The number of carboxylic acids is 1. The van der Waals surface area contributed by atoms with Crippen LogP contribution >= 0.6 is 23.2 Å². The Hall–Kier alpha value is -2.81. The summed E-state index contributed by atoms with van der Waals surface area (Å²) in [6.45, 7) is 1.54. The van der Waals surface area contributed by atoms with E-state index in [1.807, 2.05) is 0 Å².